The normalized spacial score (nSPS) is 10.6. The fourth-order valence-electron chi connectivity index (χ4n) is 2.47. The Morgan fingerprint density at radius 1 is 1.32 bits per heavy atom. The summed E-state index contributed by atoms with van der Waals surface area (Å²) in [6, 6.07) is 10.7. The molecule has 0 spiro atoms. The predicted octanol–water partition coefficient (Wildman–Crippen LogP) is 1.78. The van der Waals surface area contributed by atoms with Crippen molar-refractivity contribution in [2.24, 2.45) is 0 Å². The monoisotopic (exact) mass is 356 g/mol. The van der Waals surface area contributed by atoms with Gasteiger partial charge in [-0.1, -0.05) is 18.2 Å². The number of carbonyl (C=O) groups is 1. The van der Waals surface area contributed by atoms with E-state index in [1.807, 2.05) is 24.3 Å². The van der Waals surface area contributed by atoms with E-state index >= 15 is 0 Å². The van der Waals surface area contributed by atoms with Crippen LogP contribution in [0.3, 0.4) is 0 Å². The largest absolute Gasteiger partial charge is 0.496 e. The minimum absolute atomic E-state index is 0.156. The Bertz CT molecular complexity index is 1040. The number of carbonyl (C=O) groups excluding carboxylic acids is 1. The molecule has 0 aliphatic carbocycles. The van der Waals surface area contributed by atoms with Gasteiger partial charge in [0.05, 0.1) is 12.5 Å². The summed E-state index contributed by atoms with van der Waals surface area (Å²) >= 11 is 5.17. The van der Waals surface area contributed by atoms with Crippen LogP contribution in [0.25, 0.3) is 11.0 Å². The molecule has 1 aromatic carbocycles. The van der Waals surface area contributed by atoms with Crippen molar-refractivity contribution in [2.75, 3.05) is 7.11 Å². The van der Waals surface area contributed by atoms with Crippen LogP contribution in [0.2, 0.25) is 0 Å². The molecule has 0 saturated heterocycles. The summed E-state index contributed by atoms with van der Waals surface area (Å²) in [6.07, 6.45) is 1.57. The number of rotatable bonds is 5. The molecule has 0 radical (unpaired) electrons. The molecule has 128 valence electrons. The van der Waals surface area contributed by atoms with Gasteiger partial charge in [0, 0.05) is 18.3 Å². The van der Waals surface area contributed by atoms with Crippen molar-refractivity contribution in [3.05, 3.63) is 63.3 Å². The number of fused-ring (bicyclic) bond motifs is 1. The highest BCUT2D eigenvalue weighted by Gasteiger charge is 2.11. The van der Waals surface area contributed by atoms with E-state index in [0.29, 0.717) is 23.3 Å². The molecule has 0 unspecified atom stereocenters. The van der Waals surface area contributed by atoms with E-state index in [2.05, 4.69) is 15.3 Å². The molecule has 0 atom stereocenters. The SMILES string of the molecule is COc1ccccc1CNC(=O)Cn1c(=S)[nH]c2ncccc2c1=O. The zero-order valence-corrected chi connectivity index (χ0v) is 14.3. The maximum atomic E-state index is 12.5. The molecule has 0 saturated carbocycles. The molecule has 0 aliphatic rings. The van der Waals surface area contributed by atoms with E-state index in [1.165, 1.54) is 4.57 Å². The highest BCUT2D eigenvalue weighted by molar-refractivity contribution is 7.71. The van der Waals surface area contributed by atoms with Gasteiger partial charge >= 0.3 is 0 Å². The number of para-hydroxylation sites is 1. The molecule has 8 heteroatoms. The highest BCUT2D eigenvalue weighted by atomic mass is 32.1. The van der Waals surface area contributed by atoms with E-state index in [9.17, 15) is 9.59 Å². The van der Waals surface area contributed by atoms with Crippen molar-refractivity contribution in [1.82, 2.24) is 19.9 Å². The van der Waals surface area contributed by atoms with Crippen LogP contribution in [-0.2, 0) is 17.9 Å². The molecule has 0 aliphatic heterocycles. The molecule has 2 aromatic heterocycles. The number of hydrogen-bond acceptors (Lipinski definition) is 5. The molecular formula is C17H16N4O3S. The number of benzene rings is 1. The average Bonchev–Trinajstić information content (AvgIpc) is 2.63. The standard InChI is InChI=1S/C17H16N4O3S/c1-24-13-7-3-2-5-11(13)9-19-14(22)10-21-16(23)12-6-4-8-18-15(12)20-17(21)25/h2-8H,9-10H2,1H3,(H,19,22)(H,18,20,25). The number of ether oxygens (including phenoxy) is 1. The Morgan fingerprint density at radius 3 is 2.92 bits per heavy atom. The number of H-pyrrole nitrogens is 1. The first-order chi connectivity index (χ1) is 12.1. The minimum Gasteiger partial charge on any atom is -0.496 e. The molecule has 2 N–H and O–H groups in total. The molecule has 1 amide bonds. The van der Waals surface area contributed by atoms with Crippen molar-refractivity contribution < 1.29 is 9.53 Å². The second-order valence-corrected chi connectivity index (χ2v) is 5.70. The fourth-order valence-corrected chi connectivity index (χ4v) is 2.71. The first-order valence-corrected chi connectivity index (χ1v) is 7.97. The second kappa shape index (κ2) is 7.27. The molecule has 25 heavy (non-hydrogen) atoms. The summed E-state index contributed by atoms with van der Waals surface area (Å²) in [4.78, 5) is 31.7. The van der Waals surface area contributed by atoms with Crippen LogP contribution in [-0.4, -0.2) is 27.6 Å². The summed E-state index contributed by atoms with van der Waals surface area (Å²) in [5, 5.41) is 3.15. The topological polar surface area (TPSA) is 89.0 Å². The predicted molar refractivity (Wildman–Crippen MR) is 96.0 cm³/mol. The second-order valence-electron chi connectivity index (χ2n) is 5.31. The number of nitrogens with one attached hydrogen (secondary N) is 2. The lowest BCUT2D eigenvalue weighted by atomic mass is 10.2. The molecule has 0 bridgehead atoms. The molecule has 3 aromatic rings. The van der Waals surface area contributed by atoms with Gasteiger partial charge in [-0.2, -0.15) is 0 Å². The van der Waals surface area contributed by atoms with Gasteiger partial charge in [0.25, 0.3) is 5.56 Å². The van der Waals surface area contributed by atoms with Crippen molar-refractivity contribution in [3.63, 3.8) is 0 Å². The first kappa shape index (κ1) is 16.8. The van der Waals surface area contributed by atoms with E-state index in [0.717, 1.165) is 5.56 Å². The van der Waals surface area contributed by atoms with Crippen molar-refractivity contribution in [2.45, 2.75) is 13.1 Å². The average molecular weight is 356 g/mol. The van der Waals surface area contributed by atoms with Gasteiger partial charge in [-0.3, -0.25) is 14.2 Å². The number of nitrogens with zero attached hydrogens (tertiary/aromatic N) is 2. The van der Waals surface area contributed by atoms with Gasteiger partial charge in [-0.05, 0) is 30.4 Å². The number of methoxy groups -OCH3 is 1. The third kappa shape index (κ3) is 3.58. The van der Waals surface area contributed by atoms with Gasteiger partial charge in [0.1, 0.15) is 17.9 Å². The minimum atomic E-state index is -0.348. The molecule has 7 nitrogen and oxygen atoms in total. The number of aromatic nitrogens is 3. The zero-order valence-electron chi connectivity index (χ0n) is 13.5. The van der Waals surface area contributed by atoms with Gasteiger partial charge in [0.15, 0.2) is 4.77 Å². The van der Waals surface area contributed by atoms with Crippen LogP contribution in [0, 0.1) is 4.77 Å². The van der Waals surface area contributed by atoms with Crippen LogP contribution in [0.4, 0.5) is 0 Å². The number of pyridine rings is 1. The van der Waals surface area contributed by atoms with Gasteiger partial charge in [0.2, 0.25) is 5.91 Å². The van der Waals surface area contributed by atoms with Crippen molar-refractivity contribution >= 4 is 29.2 Å². The zero-order chi connectivity index (χ0) is 17.8. The Kier molecular flexibility index (Phi) is 4.90. The quantitative estimate of drug-likeness (QED) is 0.680. The van der Waals surface area contributed by atoms with E-state index in [4.69, 9.17) is 17.0 Å². The maximum absolute atomic E-state index is 12.5. The third-order valence-corrected chi connectivity index (χ3v) is 4.05. The number of amides is 1. The molecule has 3 rings (SSSR count). The summed E-state index contributed by atoms with van der Waals surface area (Å²) in [5.74, 6) is 0.366. The lowest BCUT2D eigenvalue weighted by Crippen LogP contribution is -2.33. The van der Waals surface area contributed by atoms with Crippen LogP contribution in [0.1, 0.15) is 5.56 Å². The van der Waals surface area contributed by atoms with Gasteiger partial charge in [-0.25, -0.2) is 4.98 Å². The Balaban J connectivity index is 1.78. The smallest absolute Gasteiger partial charge is 0.264 e. The lowest BCUT2D eigenvalue weighted by molar-refractivity contribution is -0.121. The third-order valence-electron chi connectivity index (χ3n) is 3.72. The van der Waals surface area contributed by atoms with Crippen LogP contribution in [0.5, 0.6) is 5.75 Å². The van der Waals surface area contributed by atoms with Crippen molar-refractivity contribution in [1.29, 1.82) is 0 Å². The van der Waals surface area contributed by atoms with Gasteiger partial charge in [-0.15, -0.1) is 0 Å². The number of hydrogen-bond donors (Lipinski definition) is 2. The summed E-state index contributed by atoms with van der Waals surface area (Å²) in [5.41, 5.74) is 0.904. The van der Waals surface area contributed by atoms with Crippen LogP contribution in [0.15, 0.2) is 47.4 Å². The fraction of sp³-hybridized carbons (Fsp3) is 0.176. The summed E-state index contributed by atoms with van der Waals surface area (Å²) < 4.78 is 6.62. The Morgan fingerprint density at radius 2 is 2.12 bits per heavy atom. The first-order valence-electron chi connectivity index (χ1n) is 7.56. The summed E-state index contributed by atoms with van der Waals surface area (Å²) in [6.45, 7) is 0.122. The lowest BCUT2D eigenvalue weighted by Gasteiger charge is -2.11. The molecule has 0 fully saturated rings. The van der Waals surface area contributed by atoms with Gasteiger partial charge < -0.3 is 15.0 Å². The maximum Gasteiger partial charge on any atom is 0.264 e. The van der Waals surface area contributed by atoms with E-state index in [-0.39, 0.29) is 22.8 Å². The van der Waals surface area contributed by atoms with Crippen molar-refractivity contribution in [3.8, 4) is 5.75 Å². The summed E-state index contributed by atoms with van der Waals surface area (Å²) in [7, 11) is 1.57. The van der Waals surface area contributed by atoms with E-state index in [1.54, 1.807) is 25.4 Å². The molecular weight excluding hydrogens is 340 g/mol. The Labute approximate surface area is 148 Å². The highest BCUT2D eigenvalue weighted by Crippen LogP contribution is 2.16. The Hall–Kier alpha value is -3.00. The molecule has 2 heterocycles. The van der Waals surface area contributed by atoms with Crippen LogP contribution < -0.4 is 15.6 Å². The van der Waals surface area contributed by atoms with Crippen LogP contribution >= 0.6 is 12.2 Å². The van der Waals surface area contributed by atoms with E-state index < -0.39 is 0 Å². The number of aromatic amines is 1.